The molecule has 0 saturated carbocycles. The first-order valence-corrected chi connectivity index (χ1v) is 17.7. The van der Waals surface area contributed by atoms with E-state index in [0.717, 1.165) is 0 Å². The Hall–Kier alpha value is -3.02. The van der Waals surface area contributed by atoms with Crippen LogP contribution in [-0.4, -0.2) is 92.5 Å². The molecular formula is C37H52BrN3O7. The summed E-state index contributed by atoms with van der Waals surface area (Å²) in [5.74, 6) is -3.57. The molecule has 0 radical (unpaired) electrons. The van der Waals surface area contributed by atoms with Gasteiger partial charge in [0.2, 0.25) is 17.7 Å². The number of amides is 3. The van der Waals surface area contributed by atoms with Crippen LogP contribution in [0.1, 0.15) is 78.8 Å². The third-order valence-corrected chi connectivity index (χ3v) is 10.5. The number of carbonyl (C=O) groups is 4. The summed E-state index contributed by atoms with van der Waals surface area (Å²) in [4.78, 5) is 58.9. The van der Waals surface area contributed by atoms with Gasteiger partial charge in [-0.2, -0.15) is 0 Å². The van der Waals surface area contributed by atoms with E-state index >= 15 is 4.79 Å². The minimum atomic E-state index is -1.35. The number of hydrogen-bond acceptors (Lipinski definition) is 7. The van der Waals surface area contributed by atoms with Gasteiger partial charge in [-0.1, -0.05) is 79.2 Å². The molecule has 3 aliphatic heterocycles. The maximum absolute atomic E-state index is 15.1. The quantitative estimate of drug-likeness (QED) is 0.152. The minimum Gasteiger partial charge on any atom is -0.460 e. The molecule has 1 spiro atoms. The van der Waals surface area contributed by atoms with Gasteiger partial charge in [0.15, 0.2) is 0 Å². The molecule has 0 aromatic heterocycles. The Labute approximate surface area is 293 Å². The number of hydrogen-bond donors (Lipinski definition) is 2. The Morgan fingerprint density at radius 1 is 1.19 bits per heavy atom. The lowest BCUT2D eigenvalue weighted by Gasteiger charge is -2.46. The molecule has 1 aromatic rings. The largest absolute Gasteiger partial charge is 0.460 e. The van der Waals surface area contributed by atoms with Crippen molar-refractivity contribution in [3.05, 3.63) is 61.2 Å². The molecular weight excluding hydrogens is 678 g/mol. The van der Waals surface area contributed by atoms with Gasteiger partial charge in [-0.3, -0.25) is 19.2 Å². The number of esters is 1. The average Bonchev–Trinajstić information content (AvgIpc) is 3.60. The number of fused-ring (bicyclic) bond motifs is 1. The van der Waals surface area contributed by atoms with Crippen LogP contribution < -0.4 is 5.32 Å². The highest BCUT2D eigenvalue weighted by Gasteiger charge is 2.78. The molecule has 10 nitrogen and oxygen atoms in total. The fraction of sp³-hybridized carbons (Fsp3) is 0.622. The van der Waals surface area contributed by atoms with Gasteiger partial charge in [0.1, 0.15) is 17.7 Å². The molecule has 2 bridgehead atoms. The number of carbonyl (C=O) groups excluding carboxylic acids is 4. The van der Waals surface area contributed by atoms with Crippen LogP contribution in [0.2, 0.25) is 0 Å². The first-order valence-electron chi connectivity index (χ1n) is 16.8. The number of rotatable bonds is 15. The van der Waals surface area contributed by atoms with E-state index in [4.69, 9.17) is 9.47 Å². The van der Waals surface area contributed by atoms with Crippen molar-refractivity contribution in [2.75, 3.05) is 19.7 Å². The van der Waals surface area contributed by atoms with Crippen molar-refractivity contribution in [1.29, 1.82) is 0 Å². The summed E-state index contributed by atoms with van der Waals surface area (Å²) >= 11 is 3.72. The van der Waals surface area contributed by atoms with Gasteiger partial charge >= 0.3 is 5.97 Å². The molecule has 4 rings (SSSR count). The van der Waals surface area contributed by atoms with E-state index in [-0.39, 0.29) is 41.6 Å². The lowest BCUT2D eigenvalue weighted by molar-refractivity contribution is -0.160. The van der Waals surface area contributed by atoms with Gasteiger partial charge in [0, 0.05) is 23.3 Å². The van der Waals surface area contributed by atoms with Gasteiger partial charge < -0.3 is 29.7 Å². The van der Waals surface area contributed by atoms with Crippen molar-refractivity contribution in [2.24, 2.45) is 17.3 Å². The molecule has 3 saturated heterocycles. The molecule has 1 unspecified atom stereocenters. The lowest BCUT2D eigenvalue weighted by atomic mass is 9.70. The van der Waals surface area contributed by atoms with Gasteiger partial charge in [-0.25, -0.2) is 0 Å². The van der Waals surface area contributed by atoms with Crippen LogP contribution in [-0.2, 0) is 28.7 Å². The van der Waals surface area contributed by atoms with Crippen LogP contribution in [0.4, 0.5) is 0 Å². The zero-order valence-corrected chi connectivity index (χ0v) is 30.7. The number of aliphatic hydroxyl groups excluding tert-OH is 1. The second-order valence-electron chi connectivity index (χ2n) is 15.2. The Morgan fingerprint density at radius 2 is 1.85 bits per heavy atom. The van der Waals surface area contributed by atoms with Gasteiger partial charge in [0.25, 0.3) is 0 Å². The number of allylic oxidation sites excluding steroid dienone is 1. The maximum Gasteiger partial charge on any atom is 0.312 e. The Bertz CT molecular complexity index is 1380. The fourth-order valence-corrected chi connectivity index (χ4v) is 9.13. The second-order valence-corrected chi connectivity index (χ2v) is 16.4. The summed E-state index contributed by atoms with van der Waals surface area (Å²) < 4.78 is 12.6. The van der Waals surface area contributed by atoms with E-state index in [1.807, 2.05) is 44.2 Å². The highest BCUT2D eigenvalue weighted by Crippen LogP contribution is 2.61. The van der Waals surface area contributed by atoms with E-state index in [2.05, 4.69) is 55.2 Å². The molecule has 11 heteroatoms. The van der Waals surface area contributed by atoms with Crippen molar-refractivity contribution in [3.63, 3.8) is 0 Å². The normalized spacial score (nSPS) is 27.6. The maximum atomic E-state index is 15.1. The third-order valence-electron chi connectivity index (χ3n) is 9.68. The fourth-order valence-electron chi connectivity index (χ4n) is 8.18. The topological polar surface area (TPSA) is 125 Å². The standard InChI is InChI=1S/C37H52BrN3O7/c1-9-11-17-27(43)39-20-23(3)47-34(46)28-29-32(44)41(26(21-42)24-15-13-12-14-16-24)31(37(29)19-25(38)30(28)48-37)33(45)40(18-10-2)36(7,8)22-35(4,5)6/h9-10,12-16,23,25-26,28-31,42H,1-2,11,17-22H2,3-8H3,(H,39,43)/t23-,25?,26-,28+,29-,30+,31+,37-/m1/s1. The molecule has 8 atom stereocenters. The van der Waals surface area contributed by atoms with Crippen LogP contribution in [0.3, 0.4) is 0 Å². The van der Waals surface area contributed by atoms with Crippen LogP contribution in [0, 0.1) is 17.3 Å². The van der Waals surface area contributed by atoms with Crippen molar-refractivity contribution in [3.8, 4) is 0 Å². The van der Waals surface area contributed by atoms with E-state index in [1.165, 1.54) is 4.90 Å². The second kappa shape index (κ2) is 14.8. The third kappa shape index (κ3) is 7.43. The zero-order chi connectivity index (χ0) is 35.6. The number of alkyl halides is 1. The molecule has 3 aliphatic rings. The van der Waals surface area contributed by atoms with Crippen LogP contribution in [0.15, 0.2) is 55.6 Å². The highest BCUT2D eigenvalue weighted by molar-refractivity contribution is 9.09. The van der Waals surface area contributed by atoms with E-state index in [0.29, 0.717) is 24.8 Å². The van der Waals surface area contributed by atoms with Gasteiger partial charge in [-0.15, -0.1) is 13.2 Å². The van der Waals surface area contributed by atoms with E-state index in [1.54, 1.807) is 24.0 Å². The molecule has 1 aromatic carbocycles. The Balaban J connectivity index is 1.76. The number of aliphatic hydroxyl groups is 1. The Kier molecular flexibility index (Phi) is 11.7. The number of nitrogens with zero attached hydrogens (tertiary/aromatic N) is 2. The van der Waals surface area contributed by atoms with Crippen molar-refractivity contribution in [2.45, 2.75) is 107 Å². The molecule has 264 valence electrons. The summed E-state index contributed by atoms with van der Waals surface area (Å²) in [6, 6.07) is 7.12. The lowest BCUT2D eigenvalue weighted by Crippen LogP contribution is -2.61. The summed E-state index contributed by atoms with van der Waals surface area (Å²) in [7, 11) is 0. The summed E-state index contributed by atoms with van der Waals surface area (Å²) in [5.41, 5.74) is -1.44. The Morgan fingerprint density at radius 3 is 2.44 bits per heavy atom. The first-order chi connectivity index (χ1) is 22.5. The van der Waals surface area contributed by atoms with Crippen molar-refractivity contribution >= 4 is 39.6 Å². The highest BCUT2D eigenvalue weighted by atomic mass is 79.9. The number of likely N-dealkylation sites (tertiary alicyclic amines) is 1. The summed E-state index contributed by atoms with van der Waals surface area (Å²) in [5, 5.41) is 13.6. The average molecular weight is 731 g/mol. The zero-order valence-electron chi connectivity index (χ0n) is 29.1. The SMILES string of the molecule is C=CCCC(=O)NC[C@@H](C)OC(=O)[C@@H]1[C@H]2O[C@@]3(CC2Br)[C@H](C(=O)N(CC=C)C(C)(C)CC(C)(C)C)N([C@H](CO)c2ccccc2)C(=O)[C@@H]13. The minimum absolute atomic E-state index is 0.106. The van der Waals surface area contributed by atoms with Crippen LogP contribution in [0.25, 0.3) is 0 Å². The molecule has 0 aliphatic carbocycles. The number of halogens is 1. The van der Waals surface area contributed by atoms with E-state index in [9.17, 15) is 19.5 Å². The molecule has 3 amide bonds. The monoisotopic (exact) mass is 729 g/mol. The number of benzene rings is 1. The molecule has 48 heavy (non-hydrogen) atoms. The van der Waals surface area contributed by atoms with Crippen molar-refractivity contribution < 1.29 is 33.8 Å². The predicted octanol–water partition coefficient (Wildman–Crippen LogP) is 4.71. The number of nitrogens with one attached hydrogen (secondary N) is 1. The van der Waals surface area contributed by atoms with Gasteiger partial charge in [-0.05, 0) is 51.0 Å². The van der Waals surface area contributed by atoms with Gasteiger partial charge in [0.05, 0.1) is 37.1 Å². The van der Waals surface area contributed by atoms with E-state index < -0.39 is 65.8 Å². The number of ether oxygens (including phenoxy) is 2. The summed E-state index contributed by atoms with van der Waals surface area (Å²) in [6.45, 7) is 19.5. The smallest absolute Gasteiger partial charge is 0.312 e. The predicted molar refractivity (Wildman–Crippen MR) is 187 cm³/mol. The summed E-state index contributed by atoms with van der Waals surface area (Å²) in [6.07, 6.45) is 3.75. The van der Waals surface area contributed by atoms with Crippen molar-refractivity contribution in [1.82, 2.24) is 15.1 Å². The molecule has 2 N–H and O–H groups in total. The molecule has 3 fully saturated rings. The molecule has 3 heterocycles. The van der Waals surface area contributed by atoms with Crippen LogP contribution in [0.5, 0.6) is 0 Å². The first kappa shape index (κ1) is 37.8. The van der Waals surface area contributed by atoms with Crippen LogP contribution >= 0.6 is 15.9 Å².